The zero-order valence-electron chi connectivity index (χ0n) is 8.77. The molecule has 2 heteroatoms. The van der Waals surface area contributed by atoms with Gasteiger partial charge in [-0.3, -0.25) is 0 Å². The highest BCUT2D eigenvalue weighted by Crippen LogP contribution is 2.36. The summed E-state index contributed by atoms with van der Waals surface area (Å²) < 4.78 is 0. The van der Waals surface area contributed by atoms with E-state index in [0.717, 1.165) is 5.57 Å². The molecule has 0 aliphatic heterocycles. The largest absolute Gasteiger partial charge is 0.392 e. The molecule has 14 heavy (non-hydrogen) atoms. The molecule has 1 aliphatic carbocycles. The minimum Gasteiger partial charge on any atom is -0.392 e. The molecular formula is C12H18O2. The van der Waals surface area contributed by atoms with Gasteiger partial charge in [0, 0.05) is 11.8 Å². The number of aliphatic hydroxyl groups excluding tert-OH is 2. The molecule has 0 saturated heterocycles. The van der Waals surface area contributed by atoms with Crippen LogP contribution in [0.1, 0.15) is 13.8 Å². The van der Waals surface area contributed by atoms with Crippen LogP contribution in [0.3, 0.4) is 0 Å². The molecule has 0 aromatic carbocycles. The maximum atomic E-state index is 9.86. The van der Waals surface area contributed by atoms with Crippen molar-refractivity contribution < 1.29 is 10.2 Å². The predicted octanol–water partition coefficient (Wildman–Crippen LogP) is 1.66. The van der Waals surface area contributed by atoms with Crippen LogP contribution >= 0.6 is 0 Å². The number of aliphatic hydroxyl groups is 2. The third-order valence-electron chi connectivity index (χ3n) is 3.06. The van der Waals surface area contributed by atoms with Crippen LogP contribution in [0.2, 0.25) is 0 Å². The Morgan fingerprint density at radius 1 is 1.29 bits per heavy atom. The summed E-state index contributed by atoms with van der Waals surface area (Å²) in [6.07, 6.45) is 2.31. The number of allylic oxidation sites excluding steroid dienone is 2. The monoisotopic (exact) mass is 194 g/mol. The third kappa shape index (κ3) is 1.68. The average Bonchev–Trinajstić information content (AvgIpc) is 2.19. The summed E-state index contributed by atoms with van der Waals surface area (Å²) in [5.41, 5.74) is 1.60. The molecule has 0 radical (unpaired) electrons. The van der Waals surface area contributed by atoms with Crippen LogP contribution in [0, 0.1) is 11.8 Å². The summed E-state index contributed by atoms with van der Waals surface area (Å²) in [5, 5.41) is 19.7. The van der Waals surface area contributed by atoms with Crippen molar-refractivity contribution in [2.75, 3.05) is 0 Å². The fourth-order valence-corrected chi connectivity index (χ4v) is 1.99. The Kier molecular flexibility index (Phi) is 3.29. The summed E-state index contributed by atoms with van der Waals surface area (Å²) in [7, 11) is 0. The Bertz CT molecular complexity index is 278. The van der Waals surface area contributed by atoms with Gasteiger partial charge in [0.1, 0.15) is 0 Å². The van der Waals surface area contributed by atoms with Gasteiger partial charge in [-0.05, 0) is 11.1 Å². The quantitative estimate of drug-likeness (QED) is 0.666. The normalized spacial score (nSPS) is 41.4. The van der Waals surface area contributed by atoms with Crippen molar-refractivity contribution in [3.05, 3.63) is 36.5 Å². The highest BCUT2D eigenvalue weighted by Gasteiger charge is 2.37. The van der Waals surface area contributed by atoms with Gasteiger partial charge in [-0.2, -0.15) is 0 Å². The van der Waals surface area contributed by atoms with E-state index in [9.17, 15) is 10.2 Å². The van der Waals surface area contributed by atoms with Gasteiger partial charge in [0.2, 0.25) is 0 Å². The predicted molar refractivity (Wildman–Crippen MR) is 57.8 cm³/mol. The Labute approximate surface area is 85.3 Å². The first-order valence-electron chi connectivity index (χ1n) is 4.88. The molecule has 0 unspecified atom stereocenters. The van der Waals surface area contributed by atoms with E-state index in [4.69, 9.17) is 0 Å². The molecule has 4 atom stereocenters. The molecular weight excluding hydrogens is 176 g/mol. The first kappa shape index (κ1) is 11.2. The van der Waals surface area contributed by atoms with Crippen LogP contribution < -0.4 is 0 Å². The topological polar surface area (TPSA) is 40.5 Å². The van der Waals surface area contributed by atoms with Crippen LogP contribution in [0.4, 0.5) is 0 Å². The van der Waals surface area contributed by atoms with E-state index in [-0.39, 0.29) is 11.8 Å². The molecule has 0 amide bonds. The molecule has 1 aliphatic rings. The van der Waals surface area contributed by atoms with Crippen molar-refractivity contribution in [2.24, 2.45) is 11.8 Å². The standard InChI is InChI=1S/C12H18O2/c1-5-6-10-7(2)11(13)9(4)12(14)8(10)3/h5-6,8-9,11-14H,1-2H2,3-4H3/b10-6-/t8-,9+,11+,12+/m0/s1. The molecule has 2 nitrogen and oxygen atoms in total. The Hall–Kier alpha value is -0.860. The molecule has 78 valence electrons. The van der Waals surface area contributed by atoms with Crippen molar-refractivity contribution in [1.29, 1.82) is 0 Å². The minimum absolute atomic E-state index is 0.0129. The lowest BCUT2D eigenvalue weighted by Crippen LogP contribution is -2.41. The van der Waals surface area contributed by atoms with Gasteiger partial charge in [0.15, 0.2) is 0 Å². The highest BCUT2D eigenvalue weighted by atomic mass is 16.3. The van der Waals surface area contributed by atoms with E-state index in [0.29, 0.717) is 5.57 Å². The molecule has 0 aromatic rings. The second-order valence-electron chi connectivity index (χ2n) is 3.97. The lowest BCUT2D eigenvalue weighted by atomic mass is 9.73. The van der Waals surface area contributed by atoms with Gasteiger partial charge in [-0.25, -0.2) is 0 Å². The lowest BCUT2D eigenvalue weighted by molar-refractivity contribution is 0.00227. The summed E-state index contributed by atoms with van der Waals surface area (Å²) in [6.45, 7) is 11.2. The Balaban J connectivity index is 3.04. The van der Waals surface area contributed by atoms with Gasteiger partial charge in [-0.15, -0.1) is 0 Å². The molecule has 0 heterocycles. The number of hydrogen-bond acceptors (Lipinski definition) is 2. The Morgan fingerprint density at radius 2 is 1.86 bits per heavy atom. The van der Waals surface area contributed by atoms with E-state index in [1.165, 1.54) is 0 Å². The van der Waals surface area contributed by atoms with Crippen LogP contribution in [0.15, 0.2) is 36.5 Å². The van der Waals surface area contributed by atoms with Crippen molar-refractivity contribution in [3.63, 3.8) is 0 Å². The van der Waals surface area contributed by atoms with E-state index in [1.54, 1.807) is 6.08 Å². The van der Waals surface area contributed by atoms with Crippen molar-refractivity contribution in [2.45, 2.75) is 26.1 Å². The summed E-state index contributed by atoms with van der Waals surface area (Å²) >= 11 is 0. The van der Waals surface area contributed by atoms with E-state index in [2.05, 4.69) is 13.2 Å². The maximum Gasteiger partial charge on any atom is 0.0837 e. The molecule has 2 N–H and O–H groups in total. The number of hydrogen-bond donors (Lipinski definition) is 2. The third-order valence-corrected chi connectivity index (χ3v) is 3.06. The fraction of sp³-hybridized carbons (Fsp3) is 0.500. The van der Waals surface area contributed by atoms with Gasteiger partial charge >= 0.3 is 0 Å². The van der Waals surface area contributed by atoms with E-state index >= 15 is 0 Å². The van der Waals surface area contributed by atoms with Gasteiger partial charge in [0.25, 0.3) is 0 Å². The minimum atomic E-state index is -0.646. The van der Waals surface area contributed by atoms with E-state index < -0.39 is 12.2 Å². The second kappa shape index (κ2) is 4.11. The SMILES string of the molecule is C=C/C=C1/C(=C)[C@@H](O)[C@@H](C)[C@H](O)[C@H]1C. The first-order valence-corrected chi connectivity index (χ1v) is 4.88. The average molecular weight is 194 g/mol. The summed E-state index contributed by atoms with van der Waals surface area (Å²) in [6, 6.07) is 0. The summed E-state index contributed by atoms with van der Waals surface area (Å²) in [4.78, 5) is 0. The molecule has 0 bridgehead atoms. The van der Waals surface area contributed by atoms with Crippen LogP contribution in [0.25, 0.3) is 0 Å². The fourth-order valence-electron chi connectivity index (χ4n) is 1.99. The first-order chi connectivity index (χ1) is 6.50. The van der Waals surface area contributed by atoms with Crippen LogP contribution in [-0.2, 0) is 0 Å². The van der Waals surface area contributed by atoms with E-state index in [1.807, 2.05) is 19.9 Å². The maximum absolute atomic E-state index is 9.86. The summed E-state index contributed by atoms with van der Waals surface area (Å²) in [5.74, 6) is -0.140. The van der Waals surface area contributed by atoms with Gasteiger partial charge in [-0.1, -0.05) is 39.2 Å². The van der Waals surface area contributed by atoms with Crippen molar-refractivity contribution in [3.8, 4) is 0 Å². The van der Waals surface area contributed by atoms with Crippen LogP contribution in [-0.4, -0.2) is 22.4 Å². The molecule has 0 spiro atoms. The van der Waals surface area contributed by atoms with Gasteiger partial charge < -0.3 is 10.2 Å². The second-order valence-corrected chi connectivity index (χ2v) is 3.97. The van der Waals surface area contributed by atoms with Gasteiger partial charge in [0.05, 0.1) is 12.2 Å². The van der Waals surface area contributed by atoms with Crippen molar-refractivity contribution in [1.82, 2.24) is 0 Å². The molecule has 1 saturated carbocycles. The van der Waals surface area contributed by atoms with Crippen LogP contribution in [0.5, 0.6) is 0 Å². The smallest absolute Gasteiger partial charge is 0.0837 e. The molecule has 1 rings (SSSR count). The highest BCUT2D eigenvalue weighted by molar-refractivity contribution is 5.39. The molecule has 1 fully saturated rings. The van der Waals surface area contributed by atoms with Crippen molar-refractivity contribution >= 4 is 0 Å². The lowest BCUT2D eigenvalue weighted by Gasteiger charge is -2.38. The number of rotatable bonds is 1. The zero-order chi connectivity index (χ0) is 10.9. The Morgan fingerprint density at radius 3 is 2.36 bits per heavy atom. The molecule has 0 aromatic heterocycles. The zero-order valence-corrected chi connectivity index (χ0v) is 8.77.